The standard InChI is InChI=1S/C21H26N4O4/c26-18-4-3-17(19(27)24-18)25-9-14-7-13(1-2-16(14)20(25)28)8-23-15-5-6-21(29-10-15)11-22-12-21/h1-2,7,15,17,22-23H,3-6,8-12H2,(H,24,26,27). The molecule has 0 radical (unpaired) electrons. The van der Waals surface area contributed by atoms with Gasteiger partial charge in [-0.15, -0.1) is 0 Å². The summed E-state index contributed by atoms with van der Waals surface area (Å²) in [4.78, 5) is 37.9. The summed E-state index contributed by atoms with van der Waals surface area (Å²) in [6, 6.07) is 5.65. The topological polar surface area (TPSA) is 99.8 Å². The van der Waals surface area contributed by atoms with E-state index in [0.717, 1.165) is 50.2 Å². The van der Waals surface area contributed by atoms with Crippen LogP contribution in [-0.2, 0) is 27.4 Å². The van der Waals surface area contributed by atoms with Crippen LogP contribution in [0.5, 0.6) is 0 Å². The number of fused-ring (bicyclic) bond motifs is 1. The number of amides is 3. The molecule has 0 aromatic heterocycles. The van der Waals surface area contributed by atoms with Crippen molar-refractivity contribution in [3.05, 3.63) is 34.9 Å². The molecule has 1 spiro atoms. The lowest BCUT2D eigenvalue weighted by molar-refractivity contribution is -0.136. The molecule has 1 aromatic carbocycles. The van der Waals surface area contributed by atoms with Crippen molar-refractivity contribution in [3.8, 4) is 0 Å². The molecule has 0 aliphatic carbocycles. The fourth-order valence-electron chi connectivity index (χ4n) is 4.71. The number of nitrogens with one attached hydrogen (secondary N) is 3. The van der Waals surface area contributed by atoms with E-state index in [1.165, 1.54) is 0 Å². The molecule has 154 valence electrons. The van der Waals surface area contributed by atoms with E-state index < -0.39 is 6.04 Å². The van der Waals surface area contributed by atoms with Gasteiger partial charge in [-0.05, 0) is 36.5 Å². The average molecular weight is 398 g/mol. The first kappa shape index (κ1) is 18.7. The minimum Gasteiger partial charge on any atom is -0.371 e. The predicted octanol–water partition coefficient (Wildman–Crippen LogP) is 0.0582. The molecular formula is C21H26N4O4. The van der Waals surface area contributed by atoms with Crippen LogP contribution in [0.2, 0.25) is 0 Å². The maximum Gasteiger partial charge on any atom is 0.255 e. The molecule has 4 aliphatic heterocycles. The monoisotopic (exact) mass is 398 g/mol. The number of nitrogens with zero attached hydrogens (tertiary/aromatic N) is 1. The zero-order valence-corrected chi connectivity index (χ0v) is 16.3. The molecule has 0 saturated carbocycles. The highest BCUT2D eigenvalue weighted by Gasteiger charge is 2.41. The van der Waals surface area contributed by atoms with Gasteiger partial charge in [0, 0.05) is 44.2 Å². The molecule has 8 nitrogen and oxygen atoms in total. The molecule has 3 saturated heterocycles. The van der Waals surface area contributed by atoms with Crippen LogP contribution in [-0.4, -0.2) is 60.0 Å². The lowest BCUT2D eigenvalue weighted by Crippen LogP contribution is -2.64. The Kier molecular flexibility index (Phi) is 4.64. The number of benzene rings is 1. The van der Waals surface area contributed by atoms with Crippen LogP contribution in [0.1, 0.15) is 47.2 Å². The summed E-state index contributed by atoms with van der Waals surface area (Å²) in [5, 5.41) is 9.19. The van der Waals surface area contributed by atoms with Crippen molar-refractivity contribution in [1.82, 2.24) is 20.9 Å². The second-order valence-electron chi connectivity index (χ2n) is 8.61. The van der Waals surface area contributed by atoms with Crippen molar-refractivity contribution in [2.24, 2.45) is 0 Å². The summed E-state index contributed by atoms with van der Waals surface area (Å²) in [5.41, 5.74) is 2.79. The van der Waals surface area contributed by atoms with E-state index in [4.69, 9.17) is 4.74 Å². The summed E-state index contributed by atoms with van der Waals surface area (Å²) in [7, 11) is 0. The van der Waals surface area contributed by atoms with Crippen LogP contribution in [0.15, 0.2) is 18.2 Å². The molecule has 5 rings (SSSR count). The molecule has 29 heavy (non-hydrogen) atoms. The largest absolute Gasteiger partial charge is 0.371 e. The quantitative estimate of drug-likeness (QED) is 0.621. The van der Waals surface area contributed by atoms with Gasteiger partial charge in [0.1, 0.15) is 6.04 Å². The smallest absolute Gasteiger partial charge is 0.255 e. The summed E-state index contributed by atoms with van der Waals surface area (Å²) in [5.74, 6) is -0.773. The number of piperidine rings is 1. The number of rotatable bonds is 4. The zero-order valence-electron chi connectivity index (χ0n) is 16.3. The SMILES string of the molecule is O=C1CCC(N2Cc3cc(CNC4CCC5(CNC5)OC4)ccc3C2=O)C(=O)N1. The third kappa shape index (κ3) is 3.45. The van der Waals surface area contributed by atoms with E-state index in [0.29, 0.717) is 24.6 Å². The van der Waals surface area contributed by atoms with Gasteiger partial charge in [0.15, 0.2) is 0 Å². The Morgan fingerprint density at radius 3 is 2.76 bits per heavy atom. The van der Waals surface area contributed by atoms with Gasteiger partial charge in [-0.25, -0.2) is 0 Å². The third-order valence-electron chi connectivity index (χ3n) is 6.62. The van der Waals surface area contributed by atoms with E-state index in [9.17, 15) is 14.4 Å². The van der Waals surface area contributed by atoms with Gasteiger partial charge in [-0.1, -0.05) is 12.1 Å². The molecule has 0 bridgehead atoms. The number of ether oxygens (including phenoxy) is 1. The number of carbonyl (C=O) groups is 3. The Labute approximate surface area is 169 Å². The molecule has 3 amide bonds. The lowest BCUT2D eigenvalue weighted by Gasteiger charge is -2.47. The fourth-order valence-corrected chi connectivity index (χ4v) is 4.71. The predicted molar refractivity (Wildman–Crippen MR) is 104 cm³/mol. The van der Waals surface area contributed by atoms with Crippen LogP contribution in [0.4, 0.5) is 0 Å². The van der Waals surface area contributed by atoms with E-state index >= 15 is 0 Å². The van der Waals surface area contributed by atoms with Gasteiger partial charge in [0.2, 0.25) is 11.8 Å². The summed E-state index contributed by atoms with van der Waals surface area (Å²) in [6.45, 7) is 3.79. The Morgan fingerprint density at radius 1 is 1.21 bits per heavy atom. The first-order valence-electron chi connectivity index (χ1n) is 10.4. The average Bonchev–Trinajstić information content (AvgIpc) is 3.01. The van der Waals surface area contributed by atoms with E-state index in [-0.39, 0.29) is 29.7 Å². The van der Waals surface area contributed by atoms with Crippen molar-refractivity contribution in [2.75, 3.05) is 19.7 Å². The van der Waals surface area contributed by atoms with Crippen LogP contribution >= 0.6 is 0 Å². The molecule has 4 heterocycles. The highest BCUT2D eigenvalue weighted by atomic mass is 16.5. The maximum atomic E-state index is 12.8. The highest BCUT2D eigenvalue weighted by molar-refractivity contribution is 6.05. The molecule has 3 N–H and O–H groups in total. The van der Waals surface area contributed by atoms with Gasteiger partial charge in [0.05, 0.1) is 12.2 Å². The van der Waals surface area contributed by atoms with E-state index in [1.54, 1.807) is 4.90 Å². The van der Waals surface area contributed by atoms with Gasteiger partial charge in [-0.2, -0.15) is 0 Å². The first-order valence-corrected chi connectivity index (χ1v) is 10.4. The van der Waals surface area contributed by atoms with Crippen LogP contribution in [0.25, 0.3) is 0 Å². The van der Waals surface area contributed by atoms with Crippen LogP contribution in [0.3, 0.4) is 0 Å². The van der Waals surface area contributed by atoms with Crippen molar-refractivity contribution in [2.45, 2.75) is 56.5 Å². The van der Waals surface area contributed by atoms with E-state index in [2.05, 4.69) is 16.0 Å². The first-order chi connectivity index (χ1) is 14.0. The molecule has 8 heteroatoms. The van der Waals surface area contributed by atoms with Gasteiger partial charge < -0.3 is 20.3 Å². The summed E-state index contributed by atoms with van der Waals surface area (Å²) in [6.07, 6.45) is 2.84. The normalized spacial score (nSPS) is 28.3. The van der Waals surface area contributed by atoms with Crippen molar-refractivity contribution in [1.29, 1.82) is 0 Å². The Balaban J connectivity index is 1.20. The molecule has 3 fully saturated rings. The molecule has 2 unspecified atom stereocenters. The minimum atomic E-state index is -0.568. The van der Waals surface area contributed by atoms with E-state index in [1.807, 2.05) is 18.2 Å². The zero-order chi connectivity index (χ0) is 20.0. The van der Waals surface area contributed by atoms with Gasteiger partial charge in [-0.3, -0.25) is 19.7 Å². The van der Waals surface area contributed by atoms with Crippen LogP contribution in [0, 0.1) is 0 Å². The fraction of sp³-hybridized carbons (Fsp3) is 0.571. The number of imide groups is 1. The second kappa shape index (κ2) is 7.19. The molecule has 1 aromatic rings. The Bertz CT molecular complexity index is 856. The molecule has 2 atom stereocenters. The molecular weight excluding hydrogens is 372 g/mol. The number of hydrogen-bond acceptors (Lipinski definition) is 6. The Hall–Kier alpha value is -2.29. The summed E-state index contributed by atoms with van der Waals surface area (Å²) >= 11 is 0. The van der Waals surface area contributed by atoms with Crippen LogP contribution < -0.4 is 16.0 Å². The van der Waals surface area contributed by atoms with Crippen molar-refractivity contribution < 1.29 is 19.1 Å². The maximum absolute atomic E-state index is 12.8. The third-order valence-corrected chi connectivity index (χ3v) is 6.62. The second-order valence-corrected chi connectivity index (χ2v) is 8.61. The van der Waals surface area contributed by atoms with Crippen molar-refractivity contribution >= 4 is 17.7 Å². The van der Waals surface area contributed by atoms with Gasteiger partial charge in [0.25, 0.3) is 5.91 Å². The Morgan fingerprint density at radius 2 is 2.07 bits per heavy atom. The number of hydrogen-bond donors (Lipinski definition) is 3. The van der Waals surface area contributed by atoms with Gasteiger partial charge >= 0.3 is 0 Å². The van der Waals surface area contributed by atoms with Crippen molar-refractivity contribution in [3.63, 3.8) is 0 Å². The summed E-state index contributed by atoms with van der Waals surface area (Å²) < 4.78 is 6.05. The highest BCUT2D eigenvalue weighted by Crippen LogP contribution is 2.30. The lowest BCUT2D eigenvalue weighted by atomic mass is 9.87. The molecule has 4 aliphatic rings. The minimum absolute atomic E-state index is 0.0750. The number of carbonyl (C=O) groups excluding carboxylic acids is 3.